The van der Waals surface area contributed by atoms with Gasteiger partial charge in [0.05, 0.1) is 6.61 Å². The Morgan fingerprint density at radius 3 is 3.00 bits per heavy atom. The maximum Gasteiger partial charge on any atom is 0.200 e. The van der Waals surface area contributed by atoms with Crippen molar-refractivity contribution in [1.82, 2.24) is 25.3 Å². The number of nitrogens with zero attached hydrogens (tertiary/aromatic N) is 5. The van der Waals surface area contributed by atoms with Gasteiger partial charge < -0.3 is 14.5 Å². The number of hydrogen-bond acceptors (Lipinski definition) is 7. The van der Waals surface area contributed by atoms with Gasteiger partial charge in [-0.1, -0.05) is 0 Å². The molecule has 0 aromatic carbocycles. The van der Waals surface area contributed by atoms with Gasteiger partial charge in [0.15, 0.2) is 5.65 Å². The van der Waals surface area contributed by atoms with Gasteiger partial charge in [-0.2, -0.15) is 0 Å². The molecule has 104 valence electrons. The number of nitrogens with one attached hydrogen (secondary N) is 1. The molecule has 0 saturated heterocycles. The third-order valence-corrected chi connectivity index (χ3v) is 2.83. The Balaban J connectivity index is 1.85. The highest BCUT2D eigenvalue weighted by Gasteiger charge is 2.16. The van der Waals surface area contributed by atoms with E-state index in [4.69, 9.17) is 9.15 Å². The number of methoxy groups -OCH3 is 1. The third-order valence-electron chi connectivity index (χ3n) is 2.83. The highest BCUT2D eigenvalue weighted by Crippen LogP contribution is 2.20. The largest absolute Gasteiger partial charge is 0.464 e. The molecule has 0 bridgehead atoms. The van der Waals surface area contributed by atoms with Gasteiger partial charge in [-0.15, -0.1) is 14.8 Å². The van der Waals surface area contributed by atoms with Gasteiger partial charge in [0, 0.05) is 7.11 Å². The third kappa shape index (κ3) is 2.45. The van der Waals surface area contributed by atoms with Crippen LogP contribution in [0.1, 0.15) is 17.6 Å². The molecular formula is C12H14N6O2. The van der Waals surface area contributed by atoms with Gasteiger partial charge in [-0.25, -0.2) is 0 Å². The fraction of sp³-hybridized carbons (Fsp3) is 0.333. The van der Waals surface area contributed by atoms with E-state index in [1.54, 1.807) is 13.2 Å². The Bertz CT molecular complexity index is 707. The number of tetrazole rings is 1. The smallest absolute Gasteiger partial charge is 0.200 e. The number of anilines is 1. The van der Waals surface area contributed by atoms with E-state index in [9.17, 15) is 0 Å². The van der Waals surface area contributed by atoms with Crippen LogP contribution in [-0.4, -0.2) is 39.0 Å². The molecule has 3 rings (SSSR count). The number of aromatic nitrogens is 5. The minimum Gasteiger partial charge on any atom is -0.464 e. The number of ether oxygens (including phenoxy) is 1. The topological polar surface area (TPSA) is 90.4 Å². The lowest BCUT2D eigenvalue weighted by molar-refractivity contribution is 0.178. The maximum absolute atomic E-state index is 5.63. The standard InChI is InChI=1S/C12H14N6O2/c1-8-3-4-10(20-8)9(7-19-2)13-11-5-6-12-14-16-17-18(12)15-11/h3-6,9H,7H2,1-2H3,(H,13,15). The fourth-order valence-electron chi connectivity index (χ4n) is 1.91. The van der Waals surface area contributed by atoms with Crippen LogP contribution in [0.5, 0.6) is 0 Å². The number of fused-ring (bicyclic) bond motifs is 1. The van der Waals surface area contributed by atoms with Crippen molar-refractivity contribution in [3.05, 3.63) is 35.8 Å². The van der Waals surface area contributed by atoms with Crippen LogP contribution in [0.3, 0.4) is 0 Å². The second-order valence-corrected chi connectivity index (χ2v) is 4.35. The predicted molar refractivity (Wildman–Crippen MR) is 70.3 cm³/mol. The monoisotopic (exact) mass is 274 g/mol. The highest BCUT2D eigenvalue weighted by molar-refractivity contribution is 5.43. The average molecular weight is 274 g/mol. The van der Waals surface area contributed by atoms with Crippen molar-refractivity contribution in [2.45, 2.75) is 13.0 Å². The van der Waals surface area contributed by atoms with Crippen LogP contribution in [0.25, 0.3) is 5.65 Å². The number of aryl methyl sites for hydroxylation is 1. The summed E-state index contributed by atoms with van der Waals surface area (Å²) < 4.78 is 12.2. The highest BCUT2D eigenvalue weighted by atomic mass is 16.5. The Labute approximate surface area is 114 Å². The molecule has 3 aromatic heterocycles. The van der Waals surface area contributed by atoms with Crippen molar-refractivity contribution in [3.63, 3.8) is 0 Å². The molecule has 0 aliphatic rings. The van der Waals surface area contributed by atoms with Crippen LogP contribution in [0.2, 0.25) is 0 Å². The van der Waals surface area contributed by atoms with E-state index in [0.717, 1.165) is 11.5 Å². The summed E-state index contributed by atoms with van der Waals surface area (Å²) in [4.78, 5) is 0. The summed E-state index contributed by atoms with van der Waals surface area (Å²) in [7, 11) is 1.64. The molecule has 0 aliphatic carbocycles. The summed E-state index contributed by atoms with van der Waals surface area (Å²) in [5, 5.41) is 18.6. The fourth-order valence-corrected chi connectivity index (χ4v) is 1.91. The minimum absolute atomic E-state index is 0.130. The molecule has 1 N–H and O–H groups in total. The van der Waals surface area contributed by atoms with E-state index in [1.165, 1.54) is 4.63 Å². The summed E-state index contributed by atoms with van der Waals surface area (Å²) >= 11 is 0. The zero-order valence-electron chi connectivity index (χ0n) is 11.1. The maximum atomic E-state index is 5.63. The van der Waals surface area contributed by atoms with E-state index >= 15 is 0 Å². The summed E-state index contributed by atoms with van der Waals surface area (Å²) in [6.07, 6.45) is 0. The van der Waals surface area contributed by atoms with E-state index in [-0.39, 0.29) is 6.04 Å². The molecule has 0 fully saturated rings. The van der Waals surface area contributed by atoms with Gasteiger partial charge in [0.2, 0.25) is 0 Å². The Morgan fingerprint density at radius 2 is 2.25 bits per heavy atom. The molecule has 20 heavy (non-hydrogen) atoms. The lowest BCUT2D eigenvalue weighted by atomic mass is 10.2. The normalized spacial score (nSPS) is 12.7. The average Bonchev–Trinajstić information content (AvgIpc) is 3.06. The number of rotatable bonds is 5. The van der Waals surface area contributed by atoms with Gasteiger partial charge >= 0.3 is 0 Å². The van der Waals surface area contributed by atoms with Crippen molar-refractivity contribution in [3.8, 4) is 0 Å². The van der Waals surface area contributed by atoms with Gasteiger partial charge in [0.25, 0.3) is 0 Å². The van der Waals surface area contributed by atoms with E-state index in [1.807, 2.05) is 25.1 Å². The van der Waals surface area contributed by atoms with Crippen LogP contribution in [0.4, 0.5) is 5.82 Å². The predicted octanol–water partition coefficient (Wildman–Crippen LogP) is 1.22. The molecule has 1 atom stereocenters. The first-order valence-corrected chi connectivity index (χ1v) is 6.13. The number of furan rings is 1. The molecule has 8 heteroatoms. The SMILES string of the molecule is COCC(Nc1ccc2nnnn2n1)c1ccc(C)o1. The van der Waals surface area contributed by atoms with Gasteiger partial charge in [-0.05, 0) is 41.6 Å². The molecule has 0 saturated carbocycles. The first-order valence-electron chi connectivity index (χ1n) is 6.13. The summed E-state index contributed by atoms with van der Waals surface area (Å²) in [6, 6.07) is 7.30. The van der Waals surface area contributed by atoms with Crippen LogP contribution in [-0.2, 0) is 4.74 Å². The van der Waals surface area contributed by atoms with E-state index in [0.29, 0.717) is 18.1 Å². The second-order valence-electron chi connectivity index (χ2n) is 4.35. The first kappa shape index (κ1) is 12.5. The van der Waals surface area contributed by atoms with Gasteiger partial charge in [-0.3, -0.25) is 0 Å². The van der Waals surface area contributed by atoms with E-state index in [2.05, 4.69) is 25.9 Å². The summed E-state index contributed by atoms with van der Waals surface area (Å²) in [5.74, 6) is 2.29. The van der Waals surface area contributed by atoms with Crippen LogP contribution >= 0.6 is 0 Å². The number of hydrogen-bond donors (Lipinski definition) is 1. The quantitative estimate of drug-likeness (QED) is 0.748. The molecule has 1 unspecified atom stereocenters. The molecular weight excluding hydrogens is 260 g/mol. The van der Waals surface area contributed by atoms with Crippen LogP contribution in [0, 0.1) is 6.92 Å². The Kier molecular flexibility index (Phi) is 3.30. The summed E-state index contributed by atoms with van der Waals surface area (Å²) in [6.45, 7) is 2.36. The molecule has 8 nitrogen and oxygen atoms in total. The molecule has 0 spiro atoms. The van der Waals surface area contributed by atoms with Crippen LogP contribution in [0.15, 0.2) is 28.7 Å². The Morgan fingerprint density at radius 1 is 1.35 bits per heavy atom. The molecule has 3 aromatic rings. The van der Waals surface area contributed by atoms with Crippen molar-refractivity contribution in [2.75, 3.05) is 19.0 Å². The zero-order valence-corrected chi connectivity index (χ0v) is 11.1. The van der Waals surface area contributed by atoms with Crippen LogP contribution < -0.4 is 5.32 Å². The summed E-state index contributed by atoms with van der Waals surface area (Å²) in [5.41, 5.74) is 0.590. The lowest BCUT2D eigenvalue weighted by Gasteiger charge is -2.16. The minimum atomic E-state index is -0.130. The van der Waals surface area contributed by atoms with Crippen molar-refractivity contribution >= 4 is 11.5 Å². The molecule has 0 radical (unpaired) electrons. The lowest BCUT2D eigenvalue weighted by Crippen LogP contribution is -2.17. The first-order chi connectivity index (χ1) is 9.76. The van der Waals surface area contributed by atoms with Crippen molar-refractivity contribution in [1.29, 1.82) is 0 Å². The van der Waals surface area contributed by atoms with Crippen molar-refractivity contribution in [2.24, 2.45) is 0 Å². The van der Waals surface area contributed by atoms with Crippen molar-refractivity contribution < 1.29 is 9.15 Å². The molecule has 0 amide bonds. The molecule has 0 aliphatic heterocycles. The second kappa shape index (κ2) is 5.25. The van der Waals surface area contributed by atoms with Gasteiger partial charge in [0.1, 0.15) is 23.4 Å². The molecule has 3 heterocycles. The Hall–Kier alpha value is -2.48. The van der Waals surface area contributed by atoms with E-state index < -0.39 is 0 Å². The zero-order chi connectivity index (χ0) is 13.9.